The topological polar surface area (TPSA) is 74.2 Å². The van der Waals surface area contributed by atoms with E-state index < -0.39 is 11.9 Å². The van der Waals surface area contributed by atoms with E-state index in [2.05, 4.69) is 44.5 Å². The lowest BCUT2D eigenvalue weighted by molar-refractivity contribution is -0.140. The summed E-state index contributed by atoms with van der Waals surface area (Å²) in [6, 6.07) is 13.0. The Morgan fingerprint density at radius 2 is 1.77 bits per heavy atom. The molecule has 0 amide bonds. The molecule has 216 valence electrons. The molecule has 1 aliphatic rings. The van der Waals surface area contributed by atoms with Crippen LogP contribution < -0.4 is 9.47 Å². The lowest BCUT2D eigenvalue weighted by Crippen LogP contribution is -2.25. The van der Waals surface area contributed by atoms with Crippen LogP contribution in [-0.2, 0) is 9.53 Å². The number of hydrogen-bond donors (Lipinski definition) is 0. The quantitative estimate of drug-likeness (QED) is 0.104. The molecule has 0 radical (unpaired) electrons. The normalized spacial score (nSPS) is 18.6. The molecule has 2 atom stereocenters. The van der Waals surface area contributed by atoms with E-state index in [1.54, 1.807) is 37.5 Å². The average molecular weight is 548 g/mol. The summed E-state index contributed by atoms with van der Waals surface area (Å²) >= 11 is 0. The smallest absolute Gasteiger partial charge is 0.343 e. The van der Waals surface area contributed by atoms with Crippen molar-refractivity contribution in [3.63, 3.8) is 0 Å². The number of hydrogen-bond acceptors (Lipinski definition) is 6. The molecule has 3 rings (SSSR count). The Labute approximate surface area is 239 Å². The Morgan fingerprint density at radius 1 is 1.05 bits per heavy atom. The number of esters is 2. The van der Waals surface area contributed by atoms with Gasteiger partial charge in [0.25, 0.3) is 0 Å². The summed E-state index contributed by atoms with van der Waals surface area (Å²) in [7, 11) is 1.72. The van der Waals surface area contributed by atoms with Crippen LogP contribution in [0.25, 0.3) is 0 Å². The molecule has 1 aliphatic carbocycles. The van der Waals surface area contributed by atoms with Crippen LogP contribution in [0.5, 0.6) is 11.5 Å². The summed E-state index contributed by atoms with van der Waals surface area (Å²) in [5.41, 5.74) is 2.54. The molecule has 40 heavy (non-hydrogen) atoms. The predicted molar refractivity (Wildman–Crippen MR) is 161 cm³/mol. The standard InChI is InChI=1S/C34H45NO5/c1-6-9-25-10-12-26(13-11-25)28-16-19-32(29(20-28)21-35-5)40-34(37)27-14-17-31(18-15-27)38-22-30(24(4)7-2)23-39-33(36)8-3/h8,14-21,24-26,30H,3,6-7,9-13,22-23H2,1-2,4-5H3. The molecule has 6 nitrogen and oxygen atoms in total. The van der Waals surface area contributed by atoms with E-state index in [1.165, 1.54) is 44.1 Å². The first-order valence-corrected chi connectivity index (χ1v) is 14.7. The maximum atomic E-state index is 13.0. The minimum Gasteiger partial charge on any atom is -0.493 e. The molecule has 0 N–H and O–H groups in total. The fraction of sp³-hybridized carbons (Fsp3) is 0.500. The van der Waals surface area contributed by atoms with Crippen LogP contribution in [0.2, 0.25) is 0 Å². The van der Waals surface area contributed by atoms with Crippen LogP contribution >= 0.6 is 0 Å². The maximum absolute atomic E-state index is 13.0. The van der Waals surface area contributed by atoms with Crippen molar-refractivity contribution in [2.45, 2.75) is 71.6 Å². The second kappa shape index (κ2) is 16.0. The molecule has 0 aromatic heterocycles. The van der Waals surface area contributed by atoms with E-state index >= 15 is 0 Å². The van der Waals surface area contributed by atoms with Gasteiger partial charge in [0, 0.05) is 30.8 Å². The first-order valence-electron chi connectivity index (χ1n) is 14.7. The molecule has 2 aromatic carbocycles. The van der Waals surface area contributed by atoms with Gasteiger partial charge >= 0.3 is 11.9 Å². The van der Waals surface area contributed by atoms with Crippen LogP contribution in [0, 0.1) is 17.8 Å². The van der Waals surface area contributed by atoms with Gasteiger partial charge in [-0.3, -0.25) is 4.99 Å². The van der Waals surface area contributed by atoms with Crippen LogP contribution in [-0.4, -0.2) is 38.4 Å². The zero-order valence-electron chi connectivity index (χ0n) is 24.6. The Hall–Kier alpha value is -3.41. The SMILES string of the molecule is C=CC(=O)OCC(COc1ccc(C(=O)Oc2ccc(C3CCC(CCC)CC3)cc2C=NC)cc1)C(C)CC. The van der Waals surface area contributed by atoms with Crippen molar-refractivity contribution < 1.29 is 23.8 Å². The Bertz CT molecular complexity index is 1130. The van der Waals surface area contributed by atoms with Crippen molar-refractivity contribution in [2.75, 3.05) is 20.3 Å². The molecule has 1 fully saturated rings. The molecule has 0 aliphatic heterocycles. The van der Waals surface area contributed by atoms with Gasteiger partial charge in [-0.15, -0.1) is 0 Å². The molecular weight excluding hydrogens is 502 g/mol. The number of ether oxygens (including phenoxy) is 3. The fourth-order valence-corrected chi connectivity index (χ4v) is 5.35. The van der Waals surface area contributed by atoms with Crippen LogP contribution in [0.3, 0.4) is 0 Å². The van der Waals surface area contributed by atoms with Gasteiger partial charge in [0.05, 0.1) is 18.8 Å². The van der Waals surface area contributed by atoms with Crippen molar-refractivity contribution in [1.29, 1.82) is 0 Å². The Morgan fingerprint density at radius 3 is 2.40 bits per heavy atom. The lowest BCUT2D eigenvalue weighted by atomic mass is 9.77. The van der Waals surface area contributed by atoms with Gasteiger partial charge in [-0.25, -0.2) is 9.59 Å². The molecule has 2 unspecified atom stereocenters. The highest BCUT2D eigenvalue weighted by Crippen LogP contribution is 2.38. The van der Waals surface area contributed by atoms with E-state index in [4.69, 9.17) is 14.2 Å². The summed E-state index contributed by atoms with van der Waals surface area (Å²) < 4.78 is 17.0. The third-order valence-electron chi connectivity index (χ3n) is 8.13. The minimum absolute atomic E-state index is 0.0477. The van der Waals surface area contributed by atoms with Crippen molar-refractivity contribution in [3.05, 3.63) is 71.8 Å². The first-order chi connectivity index (χ1) is 19.4. The summed E-state index contributed by atoms with van der Waals surface area (Å²) in [4.78, 5) is 28.6. The van der Waals surface area contributed by atoms with Gasteiger partial charge in [-0.2, -0.15) is 0 Å². The summed E-state index contributed by atoms with van der Waals surface area (Å²) in [5.74, 6) is 2.04. The zero-order chi connectivity index (χ0) is 28.9. The van der Waals surface area contributed by atoms with Gasteiger partial charge in [0.15, 0.2) is 0 Å². The number of carbonyl (C=O) groups excluding carboxylic acids is 2. The number of rotatable bonds is 14. The molecule has 0 heterocycles. The van der Waals surface area contributed by atoms with Crippen molar-refractivity contribution in [1.82, 2.24) is 0 Å². The second-order valence-electron chi connectivity index (χ2n) is 10.9. The van der Waals surface area contributed by atoms with Gasteiger partial charge in [-0.05, 0) is 85.4 Å². The molecule has 0 bridgehead atoms. The average Bonchev–Trinajstić information content (AvgIpc) is 2.98. The molecular formula is C34H45NO5. The number of benzene rings is 2. The third kappa shape index (κ3) is 9.07. The minimum atomic E-state index is -0.436. The van der Waals surface area contributed by atoms with Gasteiger partial charge < -0.3 is 14.2 Å². The zero-order valence-corrected chi connectivity index (χ0v) is 24.6. The highest BCUT2D eigenvalue weighted by molar-refractivity contribution is 5.93. The van der Waals surface area contributed by atoms with Crippen molar-refractivity contribution in [3.8, 4) is 11.5 Å². The van der Waals surface area contributed by atoms with Gasteiger partial charge in [-0.1, -0.05) is 52.7 Å². The highest BCUT2D eigenvalue weighted by Gasteiger charge is 2.23. The van der Waals surface area contributed by atoms with Gasteiger partial charge in [0.2, 0.25) is 0 Å². The third-order valence-corrected chi connectivity index (χ3v) is 8.13. The maximum Gasteiger partial charge on any atom is 0.343 e. The number of nitrogens with zero attached hydrogens (tertiary/aromatic N) is 1. The summed E-state index contributed by atoms with van der Waals surface area (Å²) in [6.45, 7) is 10.6. The van der Waals surface area contributed by atoms with Crippen molar-refractivity contribution in [2.24, 2.45) is 22.7 Å². The lowest BCUT2D eigenvalue weighted by Gasteiger charge is -2.29. The van der Waals surface area contributed by atoms with Gasteiger partial charge in [0.1, 0.15) is 11.5 Å². The fourth-order valence-electron chi connectivity index (χ4n) is 5.35. The molecule has 0 saturated heterocycles. The van der Waals surface area contributed by atoms with Crippen LogP contribution in [0.4, 0.5) is 0 Å². The van der Waals surface area contributed by atoms with E-state index in [-0.39, 0.29) is 12.5 Å². The van der Waals surface area contributed by atoms with Crippen molar-refractivity contribution >= 4 is 18.2 Å². The van der Waals surface area contributed by atoms with Crippen LogP contribution in [0.15, 0.2) is 60.1 Å². The highest BCUT2D eigenvalue weighted by atomic mass is 16.5. The second-order valence-corrected chi connectivity index (χ2v) is 10.9. The van der Waals surface area contributed by atoms with E-state index in [1.807, 2.05) is 6.07 Å². The van der Waals surface area contributed by atoms with E-state index in [0.29, 0.717) is 35.5 Å². The van der Waals surface area contributed by atoms with Crippen LogP contribution in [0.1, 0.15) is 93.1 Å². The molecule has 2 aromatic rings. The first kappa shape index (κ1) is 31.1. The molecule has 0 spiro atoms. The van der Waals surface area contributed by atoms with E-state index in [9.17, 15) is 9.59 Å². The monoisotopic (exact) mass is 547 g/mol. The summed E-state index contributed by atoms with van der Waals surface area (Å²) in [5, 5.41) is 0. The Kier molecular flexibility index (Phi) is 12.4. The Balaban J connectivity index is 1.61. The summed E-state index contributed by atoms with van der Waals surface area (Å²) in [6.07, 6.45) is 11.4. The largest absolute Gasteiger partial charge is 0.493 e. The number of aliphatic imine (C=N–C) groups is 1. The number of carbonyl (C=O) groups is 2. The van der Waals surface area contributed by atoms with E-state index in [0.717, 1.165) is 24.0 Å². The molecule has 6 heteroatoms. The predicted octanol–water partition coefficient (Wildman–Crippen LogP) is 7.80. The molecule has 1 saturated carbocycles.